The quantitative estimate of drug-likeness (QED) is 0.376. The molecule has 0 fully saturated rings. The number of aromatic hydroxyl groups is 2. The van der Waals surface area contributed by atoms with Crippen LogP contribution < -0.4 is 0 Å². The summed E-state index contributed by atoms with van der Waals surface area (Å²) in [4.78, 5) is 22.3. The van der Waals surface area contributed by atoms with E-state index in [4.69, 9.17) is 4.74 Å². The summed E-state index contributed by atoms with van der Waals surface area (Å²) in [5.41, 5.74) is 1.46. The van der Waals surface area contributed by atoms with Gasteiger partial charge in [0, 0.05) is 11.1 Å². The molecule has 2 N–H and O–H groups in total. The average molecular weight is 288 g/mol. The Balaban J connectivity index is 2.12. The molecule has 0 aromatic heterocycles. The standard InChI is InChI=1S/C16H16O5/c1-10(9-17)3-2-4-11-7-15(21-16(11)20)13-8-12(18)5-6-14(13)19/h3,5-9,15,18-19H,2,4H2,1H3/b10-3+/t15-/m0/s1. The number of aldehydes is 1. The first-order valence-electron chi connectivity index (χ1n) is 6.56. The third kappa shape index (κ3) is 3.51. The molecule has 1 aliphatic heterocycles. The third-order valence-corrected chi connectivity index (χ3v) is 3.23. The van der Waals surface area contributed by atoms with Gasteiger partial charge < -0.3 is 14.9 Å². The smallest absolute Gasteiger partial charge is 0.334 e. The predicted octanol–water partition coefficient (Wildman–Crippen LogP) is 2.55. The number of rotatable bonds is 5. The molecule has 5 nitrogen and oxygen atoms in total. The van der Waals surface area contributed by atoms with Crippen molar-refractivity contribution in [3.63, 3.8) is 0 Å². The van der Waals surface area contributed by atoms with Gasteiger partial charge in [-0.3, -0.25) is 4.79 Å². The van der Waals surface area contributed by atoms with Crippen molar-refractivity contribution in [2.75, 3.05) is 0 Å². The van der Waals surface area contributed by atoms with Crippen LogP contribution in [-0.4, -0.2) is 22.5 Å². The number of carbonyl (C=O) groups is 2. The van der Waals surface area contributed by atoms with Gasteiger partial charge in [-0.25, -0.2) is 4.79 Å². The minimum absolute atomic E-state index is 0.00904. The number of carbonyl (C=O) groups excluding carboxylic acids is 2. The van der Waals surface area contributed by atoms with Crippen LogP contribution in [0.5, 0.6) is 11.5 Å². The lowest BCUT2D eigenvalue weighted by atomic mass is 10.0. The molecule has 1 aromatic rings. The number of hydrogen-bond acceptors (Lipinski definition) is 5. The first kappa shape index (κ1) is 14.8. The highest BCUT2D eigenvalue weighted by Crippen LogP contribution is 2.36. The van der Waals surface area contributed by atoms with Gasteiger partial charge >= 0.3 is 5.97 Å². The van der Waals surface area contributed by atoms with Gasteiger partial charge in [-0.2, -0.15) is 0 Å². The molecule has 0 amide bonds. The number of benzene rings is 1. The maximum Gasteiger partial charge on any atom is 0.334 e. The SMILES string of the molecule is C/C(C=O)=C\CCC1=C[C@@H](c2cc(O)ccc2O)OC1=O. The van der Waals surface area contributed by atoms with Gasteiger partial charge in [0.05, 0.1) is 0 Å². The normalized spacial score (nSPS) is 18.3. The zero-order chi connectivity index (χ0) is 15.4. The second-order valence-corrected chi connectivity index (χ2v) is 4.87. The Bertz CT molecular complexity index is 628. The second kappa shape index (κ2) is 6.26. The Hall–Kier alpha value is -2.56. The molecular weight excluding hydrogens is 272 g/mol. The van der Waals surface area contributed by atoms with E-state index in [1.165, 1.54) is 18.2 Å². The highest BCUT2D eigenvalue weighted by atomic mass is 16.5. The molecule has 1 aliphatic rings. The summed E-state index contributed by atoms with van der Waals surface area (Å²) >= 11 is 0. The Kier molecular flexibility index (Phi) is 4.42. The minimum Gasteiger partial charge on any atom is -0.508 e. The molecule has 2 rings (SSSR count). The van der Waals surface area contributed by atoms with E-state index in [0.29, 0.717) is 29.6 Å². The van der Waals surface area contributed by atoms with Crippen molar-refractivity contribution in [1.82, 2.24) is 0 Å². The molecule has 21 heavy (non-hydrogen) atoms. The predicted molar refractivity (Wildman–Crippen MR) is 75.7 cm³/mol. The van der Waals surface area contributed by atoms with Crippen LogP contribution in [0.15, 0.2) is 41.5 Å². The van der Waals surface area contributed by atoms with Crippen LogP contribution in [0.2, 0.25) is 0 Å². The number of ether oxygens (including phenoxy) is 1. The zero-order valence-electron chi connectivity index (χ0n) is 11.6. The highest BCUT2D eigenvalue weighted by molar-refractivity contribution is 5.91. The van der Waals surface area contributed by atoms with Gasteiger partial charge in [-0.05, 0) is 49.6 Å². The lowest BCUT2D eigenvalue weighted by Gasteiger charge is -2.10. The van der Waals surface area contributed by atoms with Crippen molar-refractivity contribution in [2.45, 2.75) is 25.9 Å². The maximum atomic E-state index is 11.8. The van der Waals surface area contributed by atoms with E-state index in [1.54, 1.807) is 19.1 Å². The molecule has 0 aliphatic carbocycles. The number of hydrogen-bond donors (Lipinski definition) is 2. The number of phenolic OH excluding ortho intramolecular Hbond substituents is 2. The summed E-state index contributed by atoms with van der Waals surface area (Å²) in [6.45, 7) is 1.70. The van der Waals surface area contributed by atoms with Crippen LogP contribution in [0.1, 0.15) is 31.4 Å². The summed E-state index contributed by atoms with van der Waals surface area (Å²) in [6.07, 6.45) is 4.45. The number of cyclic esters (lactones) is 1. The molecule has 0 saturated heterocycles. The highest BCUT2D eigenvalue weighted by Gasteiger charge is 2.28. The molecule has 0 unspecified atom stereocenters. The molecule has 110 valence electrons. The molecule has 1 heterocycles. The average Bonchev–Trinajstić information content (AvgIpc) is 2.82. The monoisotopic (exact) mass is 288 g/mol. The largest absolute Gasteiger partial charge is 0.508 e. The molecule has 1 aromatic carbocycles. The van der Waals surface area contributed by atoms with Crippen molar-refractivity contribution in [1.29, 1.82) is 0 Å². The molecule has 0 radical (unpaired) electrons. The lowest BCUT2D eigenvalue weighted by molar-refractivity contribution is -0.140. The van der Waals surface area contributed by atoms with Crippen LogP contribution in [-0.2, 0) is 14.3 Å². The zero-order valence-corrected chi connectivity index (χ0v) is 11.6. The summed E-state index contributed by atoms with van der Waals surface area (Å²) in [7, 11) is 0. The minimum atomic E-state index is -0.698. The second-order valence-electron chi connectivity index (χ2n) is 4.87. The molecule has 1 atom stereocenters. The summed E-state index contributed by atoms with van der Waals surface area (Å²) in [6, 6.07) is 4.07. The van der Waals surface area contributed by atoms with E-state index in [9.17, 15) is 19.8 Å². The van der Waals surface area contributed by atoms with Gasteiger partial charge in [0.1, 0.15) is 23.9 Å². The molecule has 0 saturated carbocycles. The van der Waals surface area contributed by atoms with E-state index in [0.717, 1.165) is 6.29 Å². The number of esters is 1. The van der Waals surface area contributed by atoms with Gasteiger partial charge in [0.15, 0.2) is 0 Å². The first-order valence-corrected chi connectivity index (χ1v) is 6.56. The van der Waals surface area contributed by atoms with Crippen LogP contribution in [0.3, 0.4) is 0 Å². The van der Waals surface area contributed by atoms with Crippen molar-refractivity contribution in [3.05, 3.63) is 47.1 Å². The van der Waals surface area contributed by atoms with Gasteiger partial charge in [-0.15, -0.1) is 0 Å². The lowest BCUT2D eigenvalue weighted by Crippen LogP contribution is -2.02. The van der Waals surface area contributed by atoms with Crippen LogP contribution in [0.25, 0.3) is 0 Å². The van der Waals surface area contributed by atoms with Gasteiger partial charge in [-0.1, -0.05) is 6.08 Å². The molecule has 5 heteroatoms. The Morgan fingerprint density at radius 1 is 1.38 bits per heavy atom. The molecule has 0 bridgehead atoms. The third-order valence-electron chi connectivity index (χ3n) is 3.23. The fraction of sp³-hybridized carbons (Fsp3) is 0.250. The number of phenols is 2. The Labute approximate surface area is 122 Å². The van der Waals surface area contributed by atoms with Crippen molar-refractivity contribution in [3.8, 4) is 11.5 Å². The van der Waals surface area contributed by atoms with Gasteiger partial charge in [0.25, 0.3) is 0 Å². The van der Waals surface area contributed by atoms with E-state index in [2.05, 4.69) is 0 Å². The Morgan fingerprint density at radius 2 is 2.14 bits per heavy atom. The molecular formula is C16H16O5. The summed E-state index contributed by atoms with van der Waals surface area (Å²) in [5, 5.41) is 19.2. The van der Waals surface area contributed by atoms with E-state index in [-0.39, 0.29) is 11.5 Å². The van der Waals surface area contributed by atoms with E-state index < -0.39 is 12.1 Å². The van der Waals surface area contributed by atoms with Crippen LogP contribution >= 0.6 is 0 Å². The first-order chi connectivity index (χ1) is 10.0. The summed E-state index contributed by atoms with van der Waals surface area (Å²) < 4.78 is 5.19. The number of allylic oxidation sites excluding steroid dienone is 2. The molecule has 0 spiro atoms. The topological polar surface area (TPSA) is 83.8 Å². The van der Waals surface area contributed by atoms with Crippen molar-refractivity contribution >= 4 is 12.3 Å². The van der Waals surface area contributed by atoms with Crippen molar-refractivity contribution < 1.29 is 24.5 Å². The van der Waals surface area contributed by atoms with Crippen LogP contribution in [0, 0.1) is 0 Å². The van der Waals surface area contributed by atoms with E-state index in [1.807, 2.05) is 0 Å². The van der Waals surface area contributed by atoms with Crippen molar-refractivity contribution in [2.24, 2.45) is 0 Å². The fourth-order valence-electron chi connectivity index (χ4n) is 2.09. The summed E-state index contributed by atoms with van der Waals surface area (Å²) in [5.74, 6) is -0.495. The Morgan fingerprint density at radius 3 is 2.86 bits per heavy atom. The maximum absolute atomic E-state index is 11.8. The fourth-order valence-corrected chi connectivity index (χ4v) is 2.09. The van der Waals surface area contributed by atoms with Gasteiger partial charge in [0.2, 0.25) is 0 Å². The van der Waals surface area contributed by atoms with E-state index >= 15 is 0 Å². The van der Waals surface area contributed by atoms with Crippen LogP contribution in [0.4, 0.5) is 0 Å².